The highest BCUT2D eigenvalue weighted by Crippen LogP contribution is 2.26. The molecule has 0 spiro atoms. The van der Waals surface area contributed by atoms with Crippen LogP contribution in [0.3, 0.4) is 0 Å². The van der Waals surface area contributed by atoms with Crippen molar-refractivity contribution < 1.29 is 10.2 Å². The summed E-state index contributed by atoms with van der Waals surface area (Å²) in [6.45, 7) is 0. The second kappa shape index (κ2) is 4.37. The minimum absolute atomic E-state index is 0.103. The molecule has 0 aliphatic rings. The van der Waals surface area contributed by atoms with E-state index in [1.165, 1.54) is 6.20 Å². The van der Waals surface area contributed by atoms with Crippen LogP contribution in [0.25, 0.3) is 0 Å². The van der Waals surface area contributed by atoms with Gasteiger partial charge in [-0.2, -0.15) is 0 Å². The van der Waals surface area contributed by atoms with Crippen LogP contribution in [-0.2, 0) is 0 Å². The average molecular weight is 213 g/mol. The number of pyridine rings is 1. The first-order valence-corrected chi connectivity index (χ1v) is 5.06. The Balaban J connectivity index is 2.42. The summed E-state index contributed by atoms with van der Waals surface area (Å²) in [6.07, 6.45) is 2.21. The van der Waals surface area contributed by atoms with E-state index in [0.717, 1.165) is 5.56 Å². The zero-order valence-electron chi connectivity index (χ0n) is 8.96. The van der Waals surface area contributed by atoms with E-state index in [4.69, 9.17) is 0 Å². The number of rotatable bonds is 2. The lowest BCUT2D eigenvalue weighted by molar-refractivity contribution is 0.215. The number of aliphatic hydroxyl groups is 1. The van der Waals surface area contributed by atoms with Crippen molar-refractivity contribution in [1.82, 2.24) is 4.98 Å². The Morgan fingerprint density at radius 3 is 2.50 bits per heavy atom. The normalized spacial score (nSPS) is 12.3. The topological polar surface area (TPSA) is 53.4 Å². The van der Waals surface area contributed by atoms with E-state index < -0.39 is 6.10 Å². The summed E-state index contributed by atoms with van der Waals surface area (Å²) in [5, 5.41) is 19.9. The molecule has 2 aromatic rings. The van der Waals surface area contributed by atoms with Crippen LogP contribution in [0.2, 0.25) is 0 Å². The molecule has 0 aliphatic heterocycles. The van der Waals surface area contributed by atoms with Crippen LogP contribution in [-0.4, -0.2) is 23.0 Å². The van der Waals surface area contributed by atoms with E-state index in [1.807, 2.05) is 30.3 Å². The largest absolute Gasteiger partial charge is 0.508 e. The molecule has 80 valence electrons. The summed E-state index contributed by atoms with van der Waals surface area (Å²) >= 11 is 0. The van der Waals surface area contributed by atoms with Crippen molar-refractivity contribution in [3.8, 4) is 5.75 Å². The molecule has 2 N–H and O–H groups in total. The van der Waals surface area contributed by atoms with Crippen LogP contribution in [0.4, 0.5) is 0 Å². The summed E-state index contributed by atoms with van der Waals surface area (Å²) in [5.74, 6) is 0.103. The standard InChI is InChI=1S/C12H12BNO2/c13-10-7-14-6-9(12(10)16)11(15)8-4-2-1-3-5-8/h1-7,11,15H,13H2,(H,14,16). The van der Waals surface area contributed by atoms with Gasteiger partial charge in [-0.25, -0.2) is 0 Å². The lowest BCUT2D eigenvalue weighted by Crippen LogP contribution is -2.10. The van der Waals surface area contributed by atoms with E-state index in [1.54, 1.807) is 14.0 Å². The number of hydrogen-bond donors (Lipinski definition) is 2. The first-order chi connectivity index (χ1) is 7.70. The highest BCUT2D eigenvalue weighted by atomic mass is 16.3. The Morgan fingerprint density at radius 2 is 1.81 bits per heavy atom. The minimum atomic E-state index is -0.839. The molecule has 0 fully saturated rings. The summed E-state index contributed by atoms with van der Waals surface area (Å²) in [7, 11) is 1.75. The fourth-order valence-electron chi connectivity index (χ4n) is 1.59. The van der Waals surface area contributed by atoms with E-state index in [2.05, 4.69) is 4.98 Å². The zero-order valence-corrected chi connectivity index (χ0v) is 8.96. The van der Waals surface area contributed by atoms with Gasteiger partial charge in [-0.05, 0) is 11.0 Å². The van der Waals surface area contributed by atoms with Crippen molar-refractivity contribution in [2.24, 2.45) is 0 Å². The second-order valence-corrected chi connectivity index (χ2v) is 3.71. The first kappa shape index (κ1) is 10.7. The van der Waals surface area contributed by atoms with Crippen LogP contribution in [0, 0.1) is 0 Å². The quantitative estimate of drug-likeness (QED) is 0.697. The van der Waals surface area contributed by atoms with E-state index in [-0.39, 0.29) is 5.75 Å². The molecule has 4 heteroatoms. The van der Waals surface area contributed by atoms with Gasteiger partial charge < -0.3 is 10.2 Å². The van der Waals surface area contributed by atoms with Gasteiger partial charge in [0.15, 0.2) is 0 Å². The third kappa shape index (κ3) is 1.92. The SMILES string of the molecule is Bc1cncc(C(O)c2ccccc2)c1O. The molecule has 0 radical (unpaired) electrons. The van der Waals surface area contributed by atoms with E-state index in [0.29, 0.717) is 11.0 Å². The zero-order chi connectivity index (χ0) is 11.5. The maximum atomic E-state index is 10.1. The fourth-order valence-corrected chi connectivity index (χ4v) is 1.59. The Morgan fingerprint density at radius 1 is 1.12 bits per heavy atom. The molecule has 1 atom stereocenters. The van der Waals surface area contributed by atoms with Gasteiger partial charge in [0.1, 0.15) is 19.7 Å². The summed E-state index contributed by atoms with van der Waals surface area (Å²) in [5.41, 5.74) is 1.84. The van der Waals surface area contributed by atoms with Gasteiger partial charge in [0, 0.05) is 18.0 Å². The number of benzene rings is 1. The Bertz CT molecular complexity index is 488. The molecule has 0 aliphatic carbocycles. The van der Waals surface area contributed by atoms with E-state index >= 15 is 0 Å². The van der Waals surface area contributed by atoms with E-state index in [9.17, 15) is 10.2 Å². The van der Waals surface area contributed by atoms with Crippen molar-refractivity contribution >= 4 is 13.3 Å². The highest BCUT2D eigenvalue weighted by molar-refractivity contribution is 6.34. The molecule has 16 heavy (non-hydrogen) atoms. The highest BCUT2D eigenvalue weighted by Gasteiger charge is 2.15. The maximum absolute atomic E-state index is 10.1. The molecule has 0 amide bonds. The first-order valence-electron chi connectivity index (χ1n) is 5.06. The van der Waals surface area contributed by atoms with Gasteiger partial charge in [-0.3, -0.25) is 4.98 Å². The van der Waals surface area contributed by atoms with Gasteiger partial charge in [-0.1, -0.05) is 30.3 Å². The van der Waals surface area contributed by atoms with Crippen molar-refractivity contribution in [3.63, 3.8) is 0 Å². The lowest BCUT2D eigenvalue weighted by Gasteiger charge is -2.13. The Labute approximate surface area is 94.8 Å². The molecule has 1 unspecified atom stereocenters. The van der Waals surface area contributed by atoms with Gasteiger partial charge in [0.25, 0.3) is 0 Å². The van der Waals surface area contributed by atoms with Crippen molar-refractivity contribution in [1.29, 1.82) is 0 Å². The molecular formula is C12H12BNO2. The molecule has 2 rings (SSSR count). The molecule has 1 aromatic heterocycles. The third-order valence-electron chi connectivity index (χ3n) is 2.54. The predicted molar refractivity (Wildman–Crippen MR) is 64.6 cm³/mol. The van der Waals surface area contributed by atoms with Crippen molar-refractivity contribution in [2.45, 2.75) is 6.10 Å². The average Bonchev–Trinajstić information content (AvgIpc) is 2.33. The van der Waals surface area contributed by atoms with Crippen molar-refractivity contribution in [3.05, 3.63) is 53.9 Å². The fraction of sp³-hybridized carbons (Fsp3) is 0.0833. The number of aromatic nitrogens is 1. The summed E-state index contributed by atoms with van der Waals surface area (Å²) < 4.78 is 0. The molecule has 1 heterocycles. The van der Waals surface area contributed by atoms with Crippen LogP contribution >= 0.6 is 0 Å². The van der Waals surface area contributed by atoms with Gasteiger partial charge in [-0.15, -0.1) is 0 Å². The lowest BCUT2D eigenvalue weighted by atomic mass is 9.92. The van der Waals surface area contributed by atoms with Crippen LogP contribution in [0.1, 0.15) is 17.2 Å². The maximum Gasteiger partial charge on any atom is 0.146 e. The third-order valence-corrected chi connectivity index (χ3v) is 2.54. The van der Waals surface area contributed by atoms with Crippen LogP contribution < -0.4 is 5.46 Å². The Hall–Kier alpha value is -1.81. The molecule has 0 saturated carbocycles. The number of nitrogens with zero attached hydrogens (tertiary/aromatic N) is 1. The number of aliphatic hydroxyl groups excluding tert-OH is 1. The number of hydrogen-bond acceptors (Lipinski definition) is 3. The van der Waals surface area contributed by atoms with Gasteiger partial charge >= 0.3 is 0 Å². The van der Waals surface area contributed by atoms with Crippen LogP contribution in [0.5, 0.6) is 5.75 Å². The molecule has 0 saturated heterocycles. The van der Waals surface area contributed by atoms with Crippen molar-refractivity contribution in [2.75, 3.05) is 0 Å². The summed E-state index contributed by atoms with van der Waals surface area (Å²) in [4.78, 5) is 3.97. The smallest absolute Gasteiger partial charge is 0.146 e. The Kier molecular flexibility index (Phi) is 2.92. The molecular weight excluding hydrogens is 201 g/mol. The molecule has 1 aromatic carbocycles. The minimum Gasteiger partial charge on any atom is -0.508 e. The second-order valence-electron chi connectivity index (χ2n) is 3.71. The van der Waals surface area contributed by atoms with Crippen LogP contribution in [0.15, 0.2) is 42.7 Å². The monoisotopic (exact) mass is 213 g/mol. The predicted octanol–water partition coefficient (Wildman–Crippen LogP) is 0.127. The van der Waals surface area contributed by atoms with Gasteiger partial charge in [0.05, 0.1) is 0 Å². The molecule has 0 bridgehead atoms. The summed E-state index contributed by atoms with van der Waals surface area (Å²) in [6, 6.07) is 9.20. The number of aromatic hydroxyl groups is 1. The van der Waals surface area contributed by atoms with Gasteiger partial charge in [0.2, 0.25) is 0 Å². The molecule has 3 nitrogen and oxygen atoms in total.